The standard InChI is InChI=1S/C20H24ClN7S/c1-11(22)9-13-4-3-12(2)28(13)16-10-25-20-14(26-16)5-6-17(27-20)29-15-7-8-24-19(23)18(15)21/h5-8,10-13H,3-4,9,22H2,1-2H3,(H2,23,24). The molecule has 7 nitrogen and oxygen atoms in total. The lowest BCUT2D eigenvalue weighted by atomic mass is 10.1. The van der Waals surface area contributed by atoms with Crippen LogP contribution in [0.15, 0.2) is 40.5 Å². The van der Waals surface area contributed by atoms with Crippen molar-refractivity contribution in [2.75, 3.05) is 10.6 Å². The maximum Gasteiger partial charge on any atom is 0.179 e. The fourth-order valence-electron chi connectivity index (χ4n) is 3.84. The summed E-state index contributed by atoms with van der Waals surface area (Å²) in [6.07, 6.45) is 6.67. The molecular formula is C20H24ClN7S. The largest absolute Gasteiger partial charge is 0.382 e. The maximum atomic E-state index is 6.24. The molecule has 3 aromatic rings. The number of aromatic nitrogens is 4. The van der Waals surface area contributed by atoms with E-state index in [1.807, 2.05) is 24.4 Å². The Labute approximate surface area is 179 Å². The van der Waals surface area contributed by atoms with Gasteiger partial charge in [0.15, 0.2) is 5.65 Å². The van der Waals surface area contributed by atoms with Gasteiger partial charge < -0.3 is 16.4 Å². The molecule has 0 radical (unpaired) electrons. The monoisotopic (exact) mass is 429 g/mol. The highest BCUT2D eigenvalue weighted by Gasteiger charge is 2.32. The number of rotatable bonds is 5. The van der Waals surface area contributed by atoms with E-state index in [0.717, 1.165) is 40.5 Å². The first-order chi connectivity index (χ1) is 13.9. The Bertz CT molecular complexity index is 1030. The number of halogens is 1. The van der Waals surface area contributed by atoms with Crippen LogP contribution in [0.1, 0.15) is 33.1 Å². The van der Waals surface area contributed by atoms with Crippen molar-refractivity contribution in [1.82, 2.24) is 19.9 Å². The first-order valence-corrected chi connectivity index (χ1v) is 10.9. The minimum atomic E-state index is 0.163. The van der Waals surface area contributed by atoms with Crippen LogP contribution in [0.25, 0.3) is 11.2 Å². The molecule has 1 aliphatic rings. The highest BCUT2D eigenvalue weighted by atomic mass is 35.5. The Balaban J connectivity index is 1.61. The van der Waals surface area contributed by atoms with Crippen LogP contribution in [0, 0.1) is 0 Å². The van der Waals surface area contributed by atoms with Gasteiger partial charge in [-0.1, -0.05) is 23.4 Å². The van der Waals surface area contributed by atoms with Gasteiger partial charge in [-0.3, -0.25) is 0 Å². The second kappa shape index (κ2) is 8.30. The van der Waals surface area contributed by atoms with Crippen LogP contribution in [-0.2, 0) is 0 Å². The van der Waals surface area contributed by atoms with E-state index >= 15 is 0 Å². The molecular weight excluding hydrogens is 406 g/mol. The Morgan fingerprint density at radius 1 is 1.24 bits per heavy atom. The molecule has 0 saturated carbocycles. The molecule has 152 valence electrons. The molecule has 4 rings (SSSR count). The predicted molar refractivity (Wildman–Crippen MR) is 118 cm³/mol. The second-order valence-corrected chi connectivity index (χ2v) is 8.97. The van der Waals surface area contributed by atoms with Crippen molar-refractivity contribution in [2.45, 2.75) is 61.2 Å². The van der Waals surface area contributed by atoms with Crippen LogP contribution in [0.2, 0.25) is 5.02 Å². The number of hydrogen-bond donors (Lipinski definition) is 2. The SMILES string of the molecule is CC(N)CC1CCC(C)N1c1cnc2nc(Sc3ccnc(N)c3Cl)ccc2n1. The quantitative estimate of drug-likeness (QED) is 0.628. The van der Waals surface area contributed by atoms with Crippen molar-refractivity contribution >= 4 is 46.2 Å². The lowest BCUT2D eigenvalue weighted by molar-refractivity contribution is 0.535. The predicted octanol–water partition coefficient (Wildman–Crippen LogP) is 3.90. The van der Waals surface area contributed by atoms with Crippen molar-refractivity contribution in [3.8, 4) is 0 Å². The van der Waals surface area contributed by atoms with Crippen LogP contribution >= 0.6 is 23.4 Å². The summed E-state index contributed by atoms with van der Waals surface area (Å²) in [6.45, 7) is 4.29. The molecule has 0 spiro atoms. The zero-order chi connectivity index (χ0) is 20.5. The van der Waals surface area contributed by atoms with Crippen molar-refractivity contribution in [3.05, 3.63) is 35.6 Å². The molecule has 0 aliphatic carbocycles. The highest BCUT2D eigenvalue weighted by Crippen LogP contribution is 2.35. The summed E-state index contributed by atoms with van der Waals surface area (Å²) in [5.41, 5.74) is 13.2. The molecule has 1 aliphatic heterocycles. The molecule has 1 fully saturated rings. The van der Waals surface area contributed by atoms with Crippen molar-refractivity contribution in [2.24, 2.45) is 5.73 Å². The molecule has 3 unspecified atom stereocenters. The third-order valence-electron chi connectivity index (χ3n) is 5.16. The van der Waals surface area contributed by atoms with Gasteiger partial charge in [0.25, 0.3) is 0 Å². The van der Waals surface area contributed by atoms with E-state index < -0.39 is 0 Å². The van der Waals surface area contributed by atoms with Crippen LogP contribution in [0.3, 0.4) is 0 Å². The second-order valence-electron chi connectivity index (χ2n) is 7.53. The number of hydrogen-bond acceptors (Lipinski definition) is 8. The Morgan fingerprint density at radius 3 is 2.86 bits per heavy atom. The van der Waals surface area contributed by atoms with E-state index in [2.05, 4.69) is 33.7 Å². The minimum Gasteiger partial charge on any atom is -0.382 e. The average molecular weight is 430 g/mol. The molecule has 0 bridgehead atoms. The molecule has 3 aromatic heterocycles. The number of nitrogens with two attached hydrogens (primary N) is 2. The van der Waals surface area contributed by atoms with Gasteiger partial charge in [0.2, 0.25) is 0 Å². The molecule has 0 amide bonds. The normalized spacial score (nSPS) is 20.3. The number of fused-ring (bicyclic) bond motifs is 1. The molecule has 4 N–H and O–H groups in total. The van der Waals surface area contributed by atoms with Crippen LogP contribution in [0.5, 0.6) is 0 Å². The Morgan fingerprint density at radius 2 is 2.07 bits per heavy atom. The lowest BCUT2D eigenvalue weighted by Crippen LogP contribution is -2.38. The average Bonchev–Trinajstić information content (AvgIpc) is 3.04. The zero-order valence-electron chi connectivity index (χ0n) is 16.4. The molecule has 3 atom stereocenters. The Kier molecular flexibility index (Phi) is 5.76. The number of nitrogen functional groups attached to an aromatic ring is 1. The summed E-state index contributed by atoms with van der Waals surface area (Å²) in [6, 6.07) is 6.67. The first kappa shape index (κ1) is 20.1. The molecule has 29 heavy (non-hydrogen) atoms. The van der Waals surface area contributed by atoms with Crippen molar-refractivity contribution < 1.29 is 0 Å². The van der Waals surface area contributed by atoms with Gasteiger partial charge in [-0.05, 0) is 51.3 Å². The molecule has 1 saturated heterocycles. The summed E-state index contributed by atoms with van der Waals surface area (Å²) in [5.74, 6) is 1.20. The van der Waals surface area contributed by atoms with Gasteiger partial charge >= 0.3 is 0 Å². The third-order valence-corrected chi connectivity index (χ3v) is 6.66. The highest BCUT2D eigenvalue weighted by molar-refractivity contribution is 7.99. The smallest absolute Gasteiger partial charge is 0.179 e. The Hall–Kier alpha value is -2.16. The van der Waals surface area contributed by atoms with Crippen LogP contribution in [-0.4, -0.2) is 38.1 Å². The summed E-state index contributed by atoms with van der Waals surface area (Å²) in [7, 11) is 0. The lowest BCUT2D eigenvalue weighted by Gasteiger charge is -2.30. The third kappa shape index (κ3) is 4.24. The van der Waals surface area contributed by atoms with Gasteiger partial charge in [-0.15, -0.1) is 0 Å². The molecule has 9 heteroatoms. The molecule has 4 heterocycles. The van der Waals surface area contributed by atoms with E-state index in [9.17, 15) is 0 Å². The van der Waals surface area contributed by atoms with Crippen LogP contribution in [0.4, 0.5) is 11.6 Å². The van der Waals surface area contributed by atoms with Crippen LogP contribution < -0.4 is 16.4 Å². The summed E-state index contributed by atoms with van der Waals surface area (Å²) in [5, 5.41) is 1.21. The number of anilines is 2. The fraction of sp³-hybridized carbons (Fsp3) is 0.400. The van der Waals surface area contributed by atoms with Gasteiger partial charge in [0.1, 0.15) is 22.2 Å². The number of nitrogens with zero attached hydrogens (tertiary/aromatic N) is 5. The maximum absolute atomic E-state index is 6.24. The van der Waals surface area contributed by atoms with E-state index in [0.29, 0.717) is 28.6 Å². The summed E-state index contributed by atoms with van der Waals surface area (Å²) >= 11 is 7.66. The van der Waals surface area contributed by atoms with E-state index in [-0.39, 0.29) is 6.04 Å². The van der Waals surface area contributed by atoms with E-state index in [4.69, 9.17) is 28.1 Å². The first-order valence-electron chi connectivity index (χ1n) is 9.68. The summed E-state index contributed by atoms with van der Waals surface area (Å²) in [4.78, 5) is 21.2. The topological polar surface area (TPSA) is 107 Å². The molecule has 0 aromatic carbocycles. The zero-order valence-corrected chi connectivity index (χ0v) is 18.0. The van der Waals surface area contributed by atoms with E-state index in [1.54, 1.807) is 6.20 Å². The van der Waals surface area contributed by atoms with Gasteiger partial charge in [-0.2, -0.15) is 0 Å². The van der Waals surface area contributed by atoms with Gasteiger partial charge in [0, 0.05) is 29.2 Å². The van der Waals surface area contributed by atoms with Crippen molar-refractivity contribution in [3.63, 3.8) is 0 Å². The van der Waals surface area contributed by atoms with Crippen molar-refractivity contribution in [1.29, 1.82) is 0 Å². The van der Waals surface area contributed by atoms with E-state index in [1.165, 1.54) is 11.8 Å². The summed E-state index contributed by atoms with van der Waals surface area (Å²) < 4.78 is 0. The van der Waals surface area contributed by atoms with Gasteiger partial charge in [-0.25, -0.2) is 19.9 Å². The fourth-order valence-corrected chi connectivity index (χ4v) is 4.88. The number of pyridine rings is 2. The van der Waals surface area contributed by atoms with Gasteiger partial charge in [0.05, 0.1) is 11.2 Å². The minimum absolute atomic E-state index is 0.163.